The second-order valence-electron chi connectivity index (χ2n) is 13.0. The largest absolute Gasteiger partial charge is 0.255 e. The van der Waals surface area contributed by atoms with Gasteiger partial charge in [-0.05, 0) is 61.3 Å². The van der Waals surface area contributed by atoms with Crippen LogP contribution in [-0.2, 0) is 0 Å². The Hall–Kier alpha value is -7.04. The summed E-state index contributed by atoms with van der Waals surface area (Å²) < 4.78 is 0. The van der Waals surface area contributed by atoms with Gasteiger partial charge in [-0.1, -0.05) is 164 Å². The van der Waals surface area contributed by atoms with Crippen LogP contribution >= 0.6 is 0 Å². The first kappa shape index (κ1) is 29.8. The average molecular weight is 663 g/mol. The number of hydrogen-bond donors (Lipinski definition) is 0. The normalized spacial score (nSPS) is 11.5. The minimum atomic E-state index is 0.586. The predicted molar refractivity (Wildman–Crippen MR) is 215 cm³/mol. The van der Waals surface area contributed by atoms with E-state index in [2.05, 4.69) is 115 Å². The summed E-state index contributed by atoms with van der Waals surface area (Å²) in [5.74, 6) is 1.84. The molecule has 10 aromatic rings. The van der Waals surface area contributed by atoms with Gasteiger partial charge in [-0.3, -0.25) is 4.98 Å². The SMILES string of the molecule is c1ccc(-c2ccc(-c3cc4c5ccccc5c5ncc(-c6nc(-c7ccccc7)nc(-c7ccccc7)n6)cc5c4c4ccccc34)cc2)cc1. The van der Waals surface area contributed by atoms with E-state index in [4.69, 9.17) is 19.9 Å². The maximum atomic E-state index is 5.17. The monoisotopic (exact) mass is 662 g/mol. The molecular formula is C48H30N4. The Kier molecular flexibility index (Phi) is 7.10. The van der Waals surface area contributed by atoms with E-state index in [0.29, 0.717) is 17.5 Å². The van der Waals surface area contributed by atoms with Crippen molar-refractivity contribution in [2.75, 3.05) is 0 Å². The zero-order valence-electron chi connectivity index (χ0n) is 28.1. The maximum absolute atomic E-state index is 5.17. The smallest absolute Gasteiger partial charge is 0.165 e. The van der Waals surface area contributed by atoms with E-state index in [9.17, 15) is 0 Å². The van der Waals surface area contributed by atoms with E-state index in [0.717, 1.165) is 33.0 Å². The molecule has 8 aromatic carbocycles. The van der Waals surface area contributed by atoms with Crippen molar-refractivity contribution < 1.29 is 0 Å². The number of hydrogen-bond acceptors (Lipinski definition) is 4. The highest BCUT2D eigenvalue weighted by Crippen LogP contribution is 2.43. The molecule has 0 fully saturated rings. The van der Waals surface area contributed by atoms with Gasteiger partial charge in [0, 0.05) is 33.7 Å². The lowest BCUT2D eigenvalue weighted by atomic mass is 9.88. The molecule has 0 amide bonds. The first-order chi connectivity index (χ1) is 25.8. The summed E-state index contributed by atoms with van der Waals surface area (Å²) in [6.45, 7) is 0. The summed E-state index contributed by atoms with van der Waals surface area (Å²) in [7, 11) is 0. The Morgan fingerprint density at radius 1 is 0.288 bits per heavy atom. The van der Waals surface area contributed by atoms with Crippen LogP contribution in [0.5, 0.6) is 0 Å². The van der Waals surface area contributed by atoms with Crippen LogP contribution < -0.4 is 0 Å². The van der Waals surface area contributed by atoms with Crippen molar-refractivity contribution in [2.24, 2.45) is 0 Å². The quantitative estimate of drug-likeness (QED) is 0.172. The van der Waals surface area contributed by atoms with Crippen molar-refractivity contribution in [3.8, 4) is 56.4 Å². The Morgan fingerprint density at radius 3 is 1.37 bits per heavy atom. The summed E-state index contributed by atoms with van der Waals surface area (Å²) in [4.78, 5) is 20.1. The first-order valence-electron chi connectivity index (χ1n) is 17.5. The van der Waals surface area contributed by atoms with Gasteiger partial charge in [-0.25, -0.2) is 15.0 Å². The van der Waals surface area contributed by atoms with E-state index in [1.165, 1.54) is 49.2 Å². The lowest BCUT2D eigenvalue weighted by molar-refractivity contribution is 1.07. The van der Waals surface area contributed by atoms with Crippen LogP contribution in [0.1, 0.15) is 0 Å². The van der Waals surface area contributed by atoms with E-state index >= 15 is 0 Å². The second-order valence-corrected chi connectivity index (χ2v) is 13.0. The molecule has 52 heavy (non-hydrogen) atoms. The van der Waals surface area contributed by atoms with Crippen LogP contribution in [-0.4, -0.2) is 19.9 Å². The minimum absolute atomic E-state index is 0.586. The van der Waals surface area contributed by atoms with Crippen molar-refractivity contribution in [2.45, 2.75) is 0 Å². The molecule has 0 bridgehead atoms. The van der Waals surface area contributed by atoms with Gasteiger partial charge in [-0.2, -0.15) is 0 Å². The molecule has 242 valence electrons. The standard InChI is InChI=1S/C48H30N4/c1-4-14-31(15-5-1)32-24-26-33(27-25-32)41-29-42-38-21-11-13-23-40(38)45-43(44(42)39-22-12-10-20-37(39)41)28-36(30-49-45)48-51-46(34-16-6-2-7-17-34)50-47(52-48)35-18-8-3-9-19-35/h1-30H. The number of nitrogens with zero attached hydrogens (tertiary/aromatic N) is 4. The van der Waals surface area contributed by atoms with Crippen molar-refractivity contribution in [1.82, 2.24) is 19.9 Å². The Morgan fingerprint density at radius 2 is 0.750 bits per heavy atom. The fourth-order valence-corrected chi connectivity index (χ4v) is 7.44. The zero-order valence-corrected chi connectivity index (χ0v) is 28.1. The number of pyridine rings is 1. The molecule has 10 rings (SSSR count). The molecule has 0 radical (unpaired) electrons. The van der Waals surface area contributed by atoms with Crippen molar-refractivity contribution in [3.05, 3.63) is 182 Å². The third kappa shape index (κ3) is 5.09. The fourth-order valence-electron chi connectivity index (χ4n) is 7.44. The Bertz CT molecular complexity index is 2870. The van der Waals surface area contributed by atoms with E-state index in [-0.39, 0.29) is 0 Å². The third-order valence-corrected chi connectivity index (χ3v) is 9.93. The topological polar surface area (TPSA) is 51.6 Å². The van der Waals surface area contributed by atoms with Crippen LogP contribution in [0.3, 0.4) is 0 Å². The van der Waals surface area contributed by atoms with Crippen LogP contribution in [0.2, 0.25) is 0 Å². The van der Waals surface area contributed by atoms with E-state index in [1.807, 2.05) is 66.9 Å². The van der Waals surface area contributed by atoms with Gasteiger partial charge in [0.25, 0.3) is 0 Å². The molecule has 2 heterocycles. The number of fused-ring (bicyclic) bond motifs is 8. The summed E-state index contributed by atoms with van der Waals surface area (Å²) >= 11 is 0. The van der Waals surface area contributed by atoms with Crippen molar-refractivity contribution in [1.29, 1.82) is 0 Å². The zero-order chi connectivity index (χ0) is 34.4. The molecule has 0 N–H and O–H groups in total. The summed E-state index contributed by atoms with van der Waals surface area (Å²) in [6, 6.07) is 61.6. The molecule has 0 saturated carbocycles. The summed E-state index contributed by atoms with van der Waals surface area (Å²) in [6.07, 6.45) is 1.91. The Labute approximate surface area is 300 Å². The minimum Gasteiger partial charge on any atom is -0.255 e. The van der Waals surface area contributed by atoms with Crippen LogP contribution in [0.15, 0.2) is 182 Å². The molecule has 0 aliphatic rings. The van der Waals surface area contributed by atoms with Gasteiger partial charge in [0.2, 0.25) is 0 Å². The van der Waals surface area contributed by atoms with Crippen LogP contribution in [0.25, 0.3) is 99.6 Å². The Balaban J connectivity index is 1.23. The number of rotatable bonds is 5. The molecule has 0 atom stereocenters. The first-order valence-corrected chi connectivity index (χ1v) is 17.5. The molecule has 0 spiro atoms. The van der Waals surface area contributed by atoms with Gasteiger partial charge in [0.05, 0.1) is 5.52 Å². The molecule has 0 aliphatic heterocycles. The van der Waals surface area contributed by atoms with Crippen LogP contribution in [0.4, 0.5) is 0 Å². The van der Waals surface area contributed by atoms with Crippen molar-refractivity contribution >= 4 is 43.2 Å². The third-order valence-electron chi connectivity index (χ3n) is 9.93. The number of benzene rings is 8. The highest BCUT2D eigenvalue weighted by Gasteiger charge is 2.18. The van der Waals surface area contributed by atoms with E-state index < -0.39 is 0 Å². The maximum Gasteiger partial charge on any atom is 0.165 e. The number of aromatic nitrogens is 4. The van der Waals surface area contributed by atoms with Gasteiger partial charge in [0.15, 0.2) is 17.5 Å². The second kappa shape index (κ2) is 12.4. The van der Waals surface area contributed by atoms with Gasteiger partial charge in [-0.15, -0.1) is 0 Å². The molecule has 2 aromatic heterocycles. The molecule has 4 nitrogen and oxygen atoms in total. The molecular weight excluding hydrogens is 633 g/mol. The van der Waals surface area contributed by atoms with Gasteiger partial charge in [0.1, 0.15) is 0 Å². The highest BCUT2D eigenvalue weighted by atomic mass is 15.0. The molecule has 0 unspecified atom stereocenters. The van der Waals surface area contributed by atoms with E-state index in [1.54, 1.807) is 0 Å². The lowest BCUT2D eigenvalue weighted by Gasteiger charge is -2.16. The highest BCUT2D eigenvalue weighted by molar-refractivity contribution is 6.32. The molecule has 0 saturated heterocycles. The predicted octanol–water partition coefficient (Wildman–Crippen LogP) is 12.2. The van der Waals surface area contributed by atoms with Gasteiger partial charge >= 0.3 is 0 Å². The molecule has 4 heteroatoms. The average Bonchev–Trinajstić information content (AvgIpc) is 3.24. The van der Waals surface area contributed by atoms with Gasteiger partial charge < -0.3 is 0 Å². The lowest BCUT2D eigenvalue weighted by Crippen LogP contribution is -2.00. The fraction of sp³-hybridized carbons (Fsp3) is 0. The summed E-state index contributed by atoms with van der Waals surface area (Å²) in [5, 5.41) is 8.09. The van der Waals surface area contributed by atoms with Crippen molar-refractivity contribution in [3.63, 3.8) is 0 Å². The van der Waals surface area contributed by atoms with Crippen LogP contribution in [0, 0.1) is 0 Å². The molecule has 0 aliphatic carbocycles. The summed E-state index contributed by atoms with van der Waals surface area (Å²) in [5.41, 5.74) is 8.46.